The van der Waals surface area contributed by atoms with E-state index in [1.165, 1.54) is 0 Å². The number of hydrogen-bond donors (Lipinski definition) is 0. The highest BCUT2D eigenvalue weighted by molar-refractivity contribution is 4.92. The fourth-order valence-corrected chi connectivity index (χ4v) is 1.96. The Balaban J connectivity index is 1.95. The Morgan fingerprint density at radius 1 is 1.50 bits per heavy atom. The summed E-state index contributed by atoms with van der Waals surface area (Å²) in [5.41, 5.74) is 0.0290. The number of nitrogens with zero attached hydrogens (tertiary/aromatic N) is 1. The third kappa shape index (κ3) is 1.49. The van der Waals surface area contributed by atoms with Gasteiger partial charge in [-0.25, -0.2) is 0 Å². The topological polar surface area (TPSA) is 21.7 Å². The van der Waals surface area contributed by atoms with Crippen LogP contribution < -0.4 is 0 Å². The van der Waals surface area contributed by atoms with Crippen molar-refractivity contribution < 1.29 is 9.47 Å². The number of rotatable bonds is 0. The molecule has 1 spiro atoms. The second-order valence-electron chi connectivity index (χ2n) is 4.10. The Hall–Kier alpha value is -0.120. The van der Waals surface area contributed by atoms with Crippen LogP contribution in [-0.4, -0.2) is 50.0 Å². The van der Waals surface area contributed by atoms with Crippen LogP contribution in [0.4, 0.5) is 0 Å². The maximum absolute atomic E-state index is 5.84. The molecular formula is C9H17NO2. The molecule has 2 atom stereocenters. The van der Waals surface area contributed by atoms with Gasteiger partial charge in [-0.15, -0.1) is 0 Å². The molecule has 2 aliphatic rings. The van der Waals surface area contributed by atoms with Crippen molar-refractivity contribution in [3.63, 3.8) is 0 Å². The molecule has 0 saturated carbocycles. The lowest BCUT2D eigenvalue weighted by Gasteiger charge is -2.36. The second kappa shape index (κ2) is 2.98. The maximum atomic E-state index is 5.84. The van der Waals surface area contributed by atoms with Crippen LogP contribution in [0.3, 0.4) is 0 Å². The molecule has 70 valence electrons. The molecule has 0 bridgehead atoms. The third-order valence-corrected chi connectivity index (χ3v) is 2.76. The third-order valence-electron chi connectivity index (χ3n) is 2.76. The minimum atomic E-state index is 0.0290. The summed E-state index contributed by atoms with van der Waals surface area (Å²) in [6, 6.07) is 0. The fourth-order valence-electron chi connectivity index (χ4n) is 1.96. The first kappa shape index (κ1) is 8.48. The van der Waals surface area contributed by atoms with Gasteiger partial charge in [-0.05, 0) is 20.4 Å². The summed E-state index contributed by atoms with van der Waals surface area (Å²) >= 11 is 0. The van der Waals surface area contributed by atoms with Gasteiger partial charge in [0.2, 0.25) is 0 Å². The van der Waals surface area contributed by atoms with Crippen LogP contribution in [0.2, 0.25) is 0 Å². The number of hydrogen-bond acceptors (Lipinski definition) is 3. The van der Waals surface area contributed by atoms with Crippen molar-refractivity contribution in [2.75, 3.05) is 33.4 Å². The summed E-state index contributed by atoms with van der Waals surface area (Å²) < 4.78 is 11.5. The first-order valence-corrected chi connectivity index (χ1v) is 4.64. The minimum absolute atomic E-state index is 0.0290. The molecule has 2 unspecified atom stereocenters. The van der Waals surface area contributed by atoms with Gasteiger partial charge in [0.15, 0.2) is 0 Å². The Kier molecular flexibility index (Phi) is 2.10. The molecule has 0 aromatic heterocycles. The highest BCUT2D eigenvalue weighted by atomic mass is 16.6. The van der Waals surface area contributed by atoms with Gasteiger partial charge < -0.3 is 14.4 Å². The Bertz CT molecular complexity index is 164. The van der Waals surface area contributed by atoms with Gasteiger partial charge in [0.1, 0.15) is 5.60 Å². The molecular weight excluding hydrogens is 154 g/mol. The van der Waals surface area contributed by atoms with Crippen LogP contribution >= 0.6 is 0 Å². The van der Waals surface area contributed by atoms with E-state index >= 15 is 0 Å². The summed E-state index contributed by atoms with van der Waals surface area (Å²) in [6.45, 7) is 5.76. The molecule has 0 aromatic rings. The van der Waals surface area contributed by atoms with Gasteiger partial charge in [0, 0.05) is 13.1 Å². The van der Waals surface area contributed by atoms with Gasteiger partial charge in [0.05, 0.1) is 19.3 Å². The van der Waals surface area contributed by atoms with E-state index in [9.17, 15) is 0 Å². The van der Waals surface area contributed by atoms with E-state index in [0.717, 1.165) is 32.7 Å². The zero-order chi connectivity index (χ0) is 8.60. The molecule has 12 heavy (non-hydrogen) atoms. The van der Waals surface area contributed by atoms with Gasteiger partial charge in [-0.2, -0.15) is 0 Å². The van der Waals surface area contributed by atoms with Gasteiger partial charge in [-0.1, -0.05) is 0 Å². The van der Waals surface area contributed by atoms with Crippen molar-refractivity contribution in [1.82, 2.24) is 4.90 Å². The quantitative estimate of drug-likeness (QED) is 0.529. The predicted octanol–water partition coefficient (Wildman–Crippen LogP) is 0.496. The first-order chi connectivity index (χ1) is 5.70. The largest absolute Gasteiger partial charge is 0.373 e. The summed E-state index contributed by atoms with van der Waals surface area (Å²) in [5, 5.41) is 0. The van der Waals surface area contributed by atoms with Gasteiger partial charge in [-0.3, -0.25) is 0 Å². The van der Waals surface area contributed by atoms with Crippen molar-refractivity contribution in [2.45, 2.75) is 25.0 Å². The zero-order valence-corrected chi connectivity index (χ0v) is 7.88. The molecule has 2 aliphatic heterocycles. The summed E-state index contributed by atoms with van der Waals surface area (Å²) in [4.78, 5) is 2.30. The number of likely N-dealkylation sites (N-methyl/N-ethyl adjacent to an activating group) is 1. The lowest BCUT2D eigenvalue weighted by atomic mass is 10.0. The standard InChI is InChI=1S/C9H17NO2/c1-8-5-12-9(7-11-8)3-4-10(2)6-9/h8H,3-7H2,1-2H3. The monoisotopic (exact) mass is 171 g/mol. The van der Waals surface area contributed by atoms with Crippen LogP contribution in [0, 0.1) is 0 Å². The van der Waals surface area contributed by atoms with Gasteiger partial charge in [0.25, 0.3) is 0 Å². The minimum Gasteiger partial charge on any atom is -0.373 e. The van der Waals surface area contributed by atoms with E-state index in [0.29, 0.717) is 0 Å². The lowest BCUT2D eigenvalue weighted by Crippen LogP contribution is -2.47. The molecule has 0 amide bonds. The molecule has 2 fully saturated rings. The van der Waals surface area contributed by atoms with Gasteiger partial charge >= 0.3 is 0 Å². The van der Waals surface area contributed by atoms with E-state index < -0.39 is 0 Å². The average Bonchev–Trinajstić information content (AvgIpc) is 2.40. The zero-order valence-electron chi connectivity index (χ0n) is 7.88. The van der Waals surface area contributed by atoms with Crippen molar-refractivity contribution in [1.29, 1.82) is 0 Å². The fraction of sp³-hybridized carbons (Fsp3) is 1.00. The van der Waals surface area contributed by atoms with E-state index in [2.05, 4.69) is 18.9 Å². The Morgan fingerprint density at radius 3 is 2.83 bits per heavy atom. The molecule has 3 heteroatoms. The molecule has 3 nitrogen and oxygen atoms in total. The summed E-state index contributed by atoms with van der Waals surface area (Å²) in [7, 11) is 2.14. The molecule has 0 aliphatic carbocycles. The molecule has 2 saturated heterocycles. The normalized spacial score (nSPS) is 44.0. The van der Waals surface area contributed by atoms with Crippen LogP contribution in [-0.2, 0) is 9.47 Å². The van der Waals surface area contributed by atoms with Crippen molar-refractivity contribution in [3.8, 4) is 0 Å². The summed E-state index contributed by atoms with van der Waals surface area (Å²) in [6.07, 6.45) is 1.40. The van der Waals surface area contributed by atoms with Crippen LogP contribution in [0.1, 0.15) is 13.3 Å². The van der Waals surface area contributed by atoms with Crippen molar-refractivity contribution in [3.05, 3.63) is 0 Å². The van der Waals surface area contributed by atoms with Crippen LogP contribution in [0.15, 0.2) is 0 Å². The maximum Gasteiger partial charge on any atom is 0.105 e. The second-order valence-corrected chi connectivity index (χ2v) is 4.10. The van der Waals surface area contributed by atoms with Crippen molar-refractivity contribution in [2.24, 2.45) is 0 Å². The highest BCUT2D eigenvalue weighted by Gasteiger charge is 2.41. The highest BCUT2D eigenvalue weighted by Crippen LogP contribution is 2.28. The molecule has 0 aromatic carbocycles. The van der Waals surface area contributed by atoms with Crippen molar-refractivity contribution >= 4 is 0 Å². The summed E-state index contributed by atoms with van der Waals surface area (Å²) in [5.74, 6) is 0. The van der Waals surface area contributed by atoms with E-state index in [1.54, 1.807) is 0 Å². The number of likely N-dealkylation sites (tertiary alicyclic amines) is 1. The Labute approximate surface area is 73.6 Å². The lowest BCUT2D eigenvalue weighted by molar-refractivity contribution is -0.178. The molecule has 2 heterocycles. The van der Waals surface area contributed by atoms with Crippen LogP contribution in [0.5, 0.6) is 0 Å². The average molecular weight is 171 g/mol. The molecule has 2 rings (SSSR count). The van der Waals surface area contributed by atoms with Crippen LogP contribution in [0.25, 0.3) is 0 Å². The smallest absolute Gasteiger partial charge is 0.105 e. The predicted molar refractivity (Wildman–Crippen MR) is 46.2 cm³/mol. The van der Waals surface area contributed by atoms with E-state index in [1.807, 2.05) is 0 Å². The molecule has 0 N–H and O–H groups in total. The molecule has 0 radical (unpaired) electrons. The SMILES string of the molecule is CC1COC2(CCN(C)C2)CO1. The number of ether oxygens (including phenoxy) is 2. The van der Waals surface area contributed by atoms with E-state index in [-0.39, 0.29) is 11.7 Å². The van der Waals surface area contributed by atoms with E-state index in [4.69, 9.17) is 9.47 Å². The first-order valence-electron chi connectivity index (χ1n) is 4.64. The Morgan fingerprint density at radius 2 is 2.33 bits per heavy atom.